The predicted molar refractivity (Wildman–Crippen MR) is 98.6 cm³/mol. The zero-order chi connectivity index (χ0) is 19.2. The number of likely N-dealkylation sites (N-methyl/N-ethyl adjacent to an activating group) is 2. The summed E-state index contributed by atoms with van der Waals surface area (Å²) in [5, 5.41) is 4.58. The largest absolute Gasteiger partial charge is 0.421 e. The summed E-state index contributed by atoms with van der Waals surface area (Å²) in [4.78, 5) is 33.0. The van der Waals surface area contributed by atoms with Gasteiger partial charge < -0.3 is 0 Å². The molecule has 1 atom stereocenters. The SMILES string of the molecule is C/C=C/CN1C(=O)C2C(=NC(n3nc(C)c(C)c3C)=[N+]2CC)N(C)C1=O. The second-order valence-electron chi connectivity index (χ2n) is 6.53. The summed E-state index contributed by atoms with van der Waals surface area (Å²) < 4.78 is 3.67. The maximum absolute atomic E-state index is 13.1. The van der Waals surface area contributed by atoms with Crippen LogP contribution in [0.1, 0.15) is 30.8 Å². The third-order valence-corrected chi connectivity index (χ3v) is 5.10. The Labute approximate surface area is 153 Å². The monoisotopic (exact) mass is 357 g/mol. The number of allylic oxidation sites excluding steroid dienone is 1. The number of amides is 3. The molecule has 3 rings (SSSR count). The number of aromatic nitrogens is 2. The van der Waals surface area contributed by atoms with Crippen LogP contribution in [0.3, 0.4) is 0 Å². The standard InChI is InChI=1S/C18H25N6O2/c1-7-9-10-23-16(25)14-15(21(6)18(23)26)19-17(22(14)8-2)24-13(5)11(3)12(4)20-24/h7,9,14H,8,10H2,1-6H3/q+1/b9-7+. The van der Waals surface area contributed by atoms with E-state index in [1.165, 1.54) is 9.80 Å². The van der Waals surface area contributed by atoms with Crippen LogP contribution in [0.5, 0.6) is 0 Å². The molecule has 8 heteroatoms. The van der Waals surface area contributed by atoms with Gasteiger partial charge in [-0.1, -0.05) is 17.1 Å². The maximum atomic E-state index is 13.1. The zero-order valence-corrected chi connectivity index (χ0v) is 16.1. The van der Waals surface area contributed by atoms with E-state index in [1.807, 2.05) is 45.3 Å². The fourth-order valence-electron chi connectivity index (χ4n) is 3.29. The normalized spacial score (nSPS) is 20.5. The van der Waals surface area contributed by atoms with Gasteiger partial charge in [-0.05, 0) is 34.6 Å². The van der Waals surface area contributed by atoms with E-state index in [0.29, 0.717) is 18.3 Å². The summed E-state index contributed by atoms with van der Waals surface area (Å²) in [6, 6.07) is -0.961. The lowest BCUT2D eigenvalue weighted by molar-refractivity contribution is -0.534. The van der Waals surface area contributed by atoms with Gasteiger partial charge in [0, 0.05) is 19.2 Å². The number of aliphatic imine (C=N–C) groups is 1. The minimum atomic E-state index is -0.604. The molecular weight excluding hydrogens is 332 g/mol. The Morgan fingerprint density at radius 3 is 2.46 bits per heavy atom. The first-order valence-corrected chi connectivity index (χ1v) is 8.79. The summed E-state index contributed by atoms with van der Waals surface area (Å²) in [5.74, 6) is 0.793. The van der Waals surface area contributed by atoms with Crippen molar-refractivity contribution in [1.82, 2.24) is 19.6 Å². The minimum absolute atomic E-state index is 0.250. The molecule has 1 aromatic rings. The van der Waals surface area contributed by atoms with E-state index in [2.05, 4.69) is 10.1 Å². The first kappa shape index (κ1) is 18.0. The summed E-state index contributed by atoms with van der Waals surface area (Å²) in [6.45, 7) is 10.6. The lowest BCUT2D eigenvalue weighted by Crippen LogP contribution is -2.62. The van der Waals surface area contributed by atoms with Crippen LogP contribution in [-0.2, 0) is 4.79 Å². The van der Waals surface area contributed by atoms with Gasteiger partial charge in [-0.3, -0.25) is 14.6 Å². The minimum Gasteiger partial charge on any atom is -0.270 e. The van der Waals surface area contributed by atoms with Gasteiger partial charge in [-0.2, -0.15) is 0 Å². The number of carbonyl (C=O) groups excluding carboxylic acids is 2. The van der Waals surface area contributed by atoms with Crippen LogP contribution >= 0.6 is 0 Å². The molecule has 2 aliphatic heterocycles. The fraction of sp³-hybridized carbons (Fsp3) is 0.500. The van der Waals surface area contributed by atoms with Crippen LogP contribution in [-0.4, -0.2) is 74.1 Å². The molecule has 3 amide bonds. The van der Waals surface area contributed by atoms with Crippen LogP contribution in [0.4, 0.5) is 4.79 Å². The highest BCUT2D eigenvalue weighted by molar-refractivity contribution is 6.23. The first-order chi connectivity index (χ1) is 12.3. The molecule has 26 heavy (non-hydrogen) atoms. The molecule has 1 fully saturated rings. The molecule has 0 aromatic carbocycles. The van der Waals surface area contributed by atoms with Crippen molar-refractivity contribution < 1.29 is 14.2 Å². The van der Waals surface area contributed by atoms with Crippen molar-refractivity contribution in [1.29, 1.82) is 0 Å². The quantitative estimate of drug-likeness (QED) is 0.604. The smallest absolute Gasteiger partial charge is 0.270 e. The Hall–Kier alpha value is -2.77. The lowest BCUT2D eigenvalue weighted by Gasteiger charge is -2.33. The predicted octanol–water partition coefficient (Wildman–Crippen LogP) is 1.30. The van der Waals surface area contributed by atoms with E-state index < -0.39 is 6.04 Å². The molecule has 0 N–H and O–H groups in total. The van der Waals surface area contributed by atoms with Crippen molar-refractivity contribution in [2.24, 2.45) is 4.99 Å². The summed E-state index contributed by atoms with van der Waals surface area (Å²) >= 11 is 0. The number of carbonyl (C=O) groups is 2. The lowest BCUT2D eigenvalue weighted by atomic mass is 10.1. The van der Waals surface area contributed by atoms with Crippen molar-refractivity contribution in [3.8, 4) is 0 Å². The summed E-state index contributed by atoms with van der Waals surface area (Å²) in [7, 11) is 1.66. The number of amidine groups is 1. The van der Waals surface area contributed by atoms with Gasteiger partial charge in [-0.25, -0.2) is 9.37 Å². The highest BCUT2D eigenvalue weighted by Crippen LogP contribution is 2.21. The van der Waals surface area contributed by atoms with Gasteiger partial charge in [0.05, 0.1) is 12.2 Å². The molecule has 0 bridgehead atoms. The second kappa shape index (κ2) is 6.51. The highest BCUT2D eigenvalue weighted by atomic mass is 16.2. The van der Waals surface area contributed by atoms with Crippen LogP contribution < -0.4 is 0 Å². The molecule has 0 aliphatic carbocycles. The topological polar surface area (TPSA) is 73.8 Å². The number of urea groups is 1. The Bertz CT molecular complexity index is 876. The average molecular weight is 357 g/mol. The second-order valence-corrected chi connectivity index (χ2v) is 6.53. The molecule has 0 radical (unpaired) electrons. The van der Waals surface area contributed by atoms with Crippen molar-refractivity contribution >= 4 is 23.7 Å². The Kier molecular flexibility index (Phi) is 4.52. The molecule has 1 unspecified atom stereocenters. The molecule has 0 spiro atoms. The van der Waals surface area contributed by atoms with Gasteiger partial charge in [0.15, 0.2) is 0 Å². The molecule has 1 saturated heterocycles. The maximum Gasteiger partial charge on any atom is 0.421 e. The van der Waals surface area contributed by atoms with Gasteiger partial charge in [0.2, 0.25) is 11.9 Å². The van der Waals surface area contributed by atoms with Crippen LogP contribution in [0.2, 0.25) is 0 Å². The van der Waals surface area contributed by atoms with E-state index in [1.54, 1.807) is 17.8 Å². The van der Waals surface area contributed by atoms with Gasteiger partial charge in [0.25, 0.3) is 5.91 Å². The Balaban J connectivity index is 2.12. The third-order valence-electron chi connectivity index (χ3n) is 5.10. The molecular formula is C18H25N6O2+. The molecule has 138 valence electrons. The number of rotatable bonds is 3. The number of nitrogens with zero attached hydrogens (tertiary/aromatic N) is 6. The van der Waals surface area contributed by atoms with Crippen LogP contribution in [0, 0.1) is 20.8 Å². The van der Waals surface area contributed by atoms with Crippen LogP contribution in [0.25, 0.3) is 0 Å². The van der Waals surface area contributed by atoms with Gasteiger partial charge >= 0.3 is 12.0 Å². The Morgan fingerprint density at radius 1 is 1.23 bits per heavy atom. The van der Waals surface area contributed by atoms with Crippen molar-refractivity contribution in [2.45, 2.75) is 40.7 Å². The van der Waals surface area contributed by atoms with Crippen molar-refractivity contribution in [3.63, 3.8) is 0 Å². The zero-order valence-electron chi connectivity index (χ0n) is 16.1. The van der Waals surface area contributed by atoms with E-state index in [0.717, 1.165) is 17.0 Å². The molecule has 1 aromatic heterocycles. The summed E-state index contributed by atoms with van der Waals surface area (Å²) in [5.41, 5.74) is 2.99. The summed E-state index contributed by atoms with van der Waals surface area (Å²) in [6.07, 6.45) is 3.62. The van der Waals surface area contributed by atoms with Gasteiger partial charge in [-0.15, -0.1) is 9.78 Å². The number of aryl methyl sites for hydroxylation is 1. The van der Waals surface area contributed by atoms with Gasteiger partial charge in [0.1, 0.15) is 5.69 Å². The van der Waals surface area contributed by atoms with E-state index >= 15 is 0 Å². The van der Waals surface area contributed by atoms with Crippen LogP contribution in [0.15, 0.2) is 17.1 Å². The van der Waals surface area contributed by atoms with E-state index in [9.17, 15) is 9.59 Å². The average Bonchev–Trinajstić information content (AvgIpc) is 3.13. The Morgan fingerprint density at radius 2 is 1.92 bits per heavy atom. The number of hydrogen-bond donors (Lipinski definition) is 0. The van der Waals surface area contributed by atoms with Crippen molar-refractivity contribution in [3.05, 3.63) is 29.1 Å². The number of fused-ring (bicyclic) bond motifs is 1. The third kappa shape index (κ3) is 2.48. The molecule has 8 nitrogen and oxygen atoms in total. The van der Waals surface area contributed by atoms with Crippen molar-refractivity contribution in [2.75, 3.05) is 20.1 Å². The molecule has 3 heterocycles. The van der Waals surface area contributed by atoms with E-state index in [-0.39, 0.29) is 18.5 Å². The first-order valence-electron chi connectivity index (χ1n) is 8.79. The molecule has 0 saturated carbocycles. The molecule has 2 aliphatic rings. The number of hydrogen-bond acceptors (Lipinski definition) is 4. The highest BCUT2D eigenvalue weighted by Gasteiger charge is 2.52. The van der Waals surface area contributed by atoms with E-state index in [4.69, 9.17) is 0 Å². The number of imide groups is 1. The fourth-order valence-corrected chi connectivity index (χ4v) is 3.29.